The second-order valence-corrected chi connectivity index (χ2v) is 4.14. The second kappa shape index (κ2) is 8.12. The summed E-state index contributed by atoms with van der Waals surface area (Å²) >= 11 is 0. The number of carbonyl (C=O) groups excluding carboxylic acids is 1. The maximum Gasteiger partial charge on any atom is 0.472 e. The van der Waals surface area contributed by atoms with Crippen LogP contribution in [0.5, 0.6) is 0 Å². The first-order valence-electron chi connectivity index (χ1n) is 6.29. The minimum absolute atomic E-state index is 0.174. The second-order valence-electron chi connectivity index (χ2n) is 4.14. The van der Waals surface area contributed by atoms with E-state index in [0.29, 0.717) is 32.3 Å². The quantitative estimate of drug-likeness (QED) is 0.226. The number of esters is 1. The molecule has 0 aromatic rings. The van der Waals surface area contributed by atoms with Crippen molar-refractivity contribution in [2.75, 3.05) is 47.0 Å². The molecule has 0 saturated carbocycles. The number of morpholine rings is 1. The highest BCUT2D eigenvalue weighted by Crippen LogP contribution is 2.01. The Morgan fingerprint density at radius 3 is 2.60 bits per heavy atom. The third kappa shape index (κ3) is 4.51. The van der Waals surface area contributed by atoms with Gasteiger partial charge >= 0.3 is 12.0 Å². The Morgan fingerprint density at radius 2 is 2.10 bits per heavy atom. The lowest BCUT2D eigenvalue weighted by Crippen LogP contribution is -2.44. The van der Waals surface area contributed by atoms with Crippen LogP contribution in [-0.4, -0.2) is 74.2 Å². The zero-order chi connectivity index (χ0) is 15.0. The highest BCUT2D eigenvalue weighted by molar-refractivity contribution is 6.42. The van der Waals surface area contributed by atoms with E-state index in [1.54, 1.807) is 31.7 Å². The van der Waals surface area contributed by atoms with Crippen molar-refractivity contribution >= 4 is 17.7 Å². The maximum atomic E-state index is 11.4. The predicted molar refractivity (Wildman–Crippen MR) is 70.3 cm³/mol. The van der Waals surface area contributed by atoms with Crippen LogP contribution in [0.1, 0.15) is 6.92 Å². The summed E-state index contributed by atoms with van der Waals surface area (Å²) in [7, 11) is 3.58. The first-order valence-corrected chi connectivity index (χ1v) is 6.29. The lowest BCUT2D eigenvalue weighted by atomic mass is 10.4. The predicted octanol–water partition coefficient (Wildman–Crippen LogP) is -0.594. The number of nitriles is 1. The van der Waals surface area contributed by atoms with E-state index < -0.39 is 11.7 Å². The van der Waals surface area contributed by atoms with E-state index >= 15 is 0 Å². The molecule has 1 rings (SSSR count). The van der Waals surface area contributed by atoms with Crippen molar-refractivity contribution in [3.63, 3.8) is 0 Å². The van der Waals surface area contributed by atoms with E-state index in [2.05, 4.69) is 5.16 Å². The van der Waals surface area contributed by atoms with Gasteiger partial charge in [0, 0.05) is 0 Å². The molecule has 8 nitrogen and oxygen atoms in total. The third-order valence-corrected chi connectivity index (χ3v) is 2.46. The van der Waals surface area contributed by atoms with Crippen molar-refractivity contribution < 1.29 is 23.7 Å². The number of amidine groups is 1. The van der Waals surface area contributed by atoms with Gasteiger partial charge in [0.2, 0.25) is 0 Å². The molecule has 1 fully saturated rings. The summed E-state index contributed by atoms with van der Waals surface area (Å²) in [5.41, 5.74) is -0.417. The van der Waals surface area contributed by atoms with Crippen molar-refractivity contribution in [1.29, 1.82) is 5.26 Å². The summed E-state index contributed by atoms with van der Waals surface area (Å²) in [6.07, 6.45) is 0. The Bertz CT molecular complexity index is 443. The number of carbonyl (C=O) groups is 1. The molecule has 1 aliphatic rings. The standard InChI is InChI=1S/C12H19N4O4/c1-4-19-11(17)10(9-13)14-20-12(15(2)3)16-5-7-18-8-6-16/h4-8H2,1-3H3/q+1/b14-10+. The minimum atomic E-state index is -0.796. The van der Waals surface area contributed by atoms with E-state index in [1.807, 2.05) is 4.90 Å². The van der Waals surface area contributed by atoms with Crippen molar-refractivity contribution in [2.24, 2.45) is 5.16 Å². The number of hydrogen-bond donors (Lipinski definition) is 0. The van der Waals surface area contributed by atoms with Crippen LogP contribution in [0, 0.1) is 11.3 Å². The number of rotatable bonds is 3. The molecule has 0 unspecified atom stereocenters. The van der Waals surface area contributed by atoms with Crippen molar-refractivity contribution in [3.05, 3.63) is 0 Å². The van der Waals surface area contributed by atoms with Gasteiger partial charge in [-0.05, 0) is 6.92 Å². The number of nitrogens with zero attached hydrogens (tertiary/aromatic N) is 4. The maximum absolute atomic E-state index is 11.4. The van der Waals surface area contributed by atoms with E-state index in [1.165, 1.54) is 0 Å². The first-order chi connectivity index (χ1) is 9.60. The molecule has 0 N–H and O–H groups in total. The molecule has 0 spiro atoms. The van der Waals surface area contributed by atoms with Crippen molar-refractivity contribution in [2.45, 2.75) is 6.92 Å². The Labute approximate surface area is 117 Å². The lowest BCUT2D eigenvalue weighted by molar-refractivity contribution is -0.481. The fourth-order valence-corrected chi connectivity index (χ4v) is 1.57. The van der Waals surface area contributed by atoms with Gasteiger partial charge in [-0.25, -0.2) is 14.3 Å². The molecule has 1 aliphatic heterocycles. The molecule has 0 amide bonds. The monoisotopic (exact) mass is 283 g/mol. The van der Waals surface area contributed by atoms with Gasteiger partial charge in [0.25, 0.3) is 5.71 Å². The van der Waals surface area contributed by atoms with Crippen LogP contribution in [-0.2, 0) is 19.1 Å². The van der Waals surface area contributed by atoms with Crippen LogP contribution in [0.15, 0.2) is 5.16 Å². The van der Waals surface area contributed by atoms with E-state index in [9.17, 15) is 4.79 Å². The molecule has 0 radical (unpaired) electrons. The van der Waals surface area contributed by atoms with Crippen LogP contribution in [0.4, 0.5) is 0 Å². The smallest absolute Gasteiger partial charge is 0.461 e. The average molecular weight is 283 g/mol. The van der Waals surface area contributed by atoms with Crippen molar-refractivity contribution in [3.8, 4) is 6.07 Å². The van der Waals surface area contributed by atoms with Gasteiger partial charge in [-0.2, -0.15) is 5.26 Å². The van der Waals surface area contributed by atoms with E-state index in [-0.39, 0.29) is 6.61 Å². The topological polar surface area (TPSA) is 87.2 Å². The molecule has 20 heavy (non-hydrogen) atoms. The van der Waals surface area contributed by atoms with Gasteiger partial charge in [0.05, 0.1) is 33.9 Å². The third-order valence-electron chi connectivity index (χ3n) is 2.46. The fourth-order valence-electron chi connectivity index (χ4n) is 1.57. The van der Waals surface area contributed by atoms with Crippen molar-refractivity contribution in [1.82, 2.24) is 4.90 Å². The Morgan fingerprint density at radius 1 is 1.45 bits per heavy atom. The summed E-state index contributed by atoms with van der Waals surface area (Å²) in [5, 5.41) is 12.4. The molecule has 0 aromatic carbocycles. The number of ether oxygens (including phenoxy) is 2. The molecule has 0 bridgehead atoms. The normalized spacial score (nSPS) is 15.3. The zero-order valence-corrected chi connectivity index (χ0v) is 12.0. The SMILES string of the molecule is CCOC(=O)/C(C#N)=N/OC(N1CCOCC1)=[N+](C)C. The Balaban J connectivity index is 2.78. The van der Waals surface area contributed by atoms with Crippen LogP contribution in [0.3, 0.4) is 0 Å². The fraction of sp³-hybridized carbons (Fsp3) is 0.667. The number of oxime groups is 1. The van der Waals surface area contributed by atoms with Crippen LogP contribution < -0.4 is 0 Å². The summed E-state index contributed by atoms with van der Waals surface area (Å²) in [4.78, 5) is 18.6. The molecular formula is C12H19N4O4+. The molecule has 0 aromatic heterocycles. The van der Waals surface area contributed by atoms with Gasteiger partial charge < -0.3 is 9.47 Å². The highest BCUT2D eigenvalue weighted by atomic mass is 16.7. The molecular weight excluding hydrogens is 264 g/mol. The zero-order valence-electron chi connectivity index (χ0n) is 12.0. The van der Waals surface area contributed by atoms with E-state index in [4.69, 9.17) is 19.6 Å². The first kappa shape index (κ1) is 15.9. The van der Waals surface area contributed by atoms with Gasteiger partial charge in [-0.1, -0.05) is 5.16 Å². The molecule has 0 atom stereocenters. The summed E-state index contributed by atoms with van der Waals surface area (Å²) in [6.45, 7) is 4.32. The van der Waals surface area contributed by atoms with Gasteiger partial charge in [-0.3, -0.25) is 4.84 Å². The molecule has 8 heteroatoms. The summed E-state index contributed by atoms with van der Waals surface area (Å²) in [6, 6.07) is 2.11. The van der Waals surface area contributed by atoms with Crippen LogP contribution >= 0.6 is 0 Å². The van der Waals surface area contributed by atoms with Gasteiger partial charge in [-0.15, -0.1) is 0 Å². The summed E-state index contributed by atoms with van der Waals surface area (Å²) in [5.74, 6) is -0.796. The van der Waals surface area contributed by atoms with E-state index in [0.717, 1.165) is 0 Å². The summed E-state index contributed by atoms with van der Waals surface area (Å²) < 4.78 is 11.7. The van der Waals surface area contributed by atoms with Crippen LogP contribution in [0.25, 0.3) is 0 Å². The number of hydrogen-bond acceptors (Lipinski definition) is 6. The lowest BCUT2D eigenvalue weighted by Gasteiger charge is -2.21. The Hall–Kier alpha value is -2.14. The Kier molecular flexibility index (Phi) is 6.46. The molecule has 1 saturated heterocycles. The highest BCUT2D eigenvalue weighted by Gasteiger charge is 2.26. The molecule has 0 aliphatic carbocycles. The van der Waals surface area contributed by atoms with Crippen LogP contribution in [0.2, 0.25) is 0 Å². The van der Waals surface area contributed by atoms with Gasteiger partial charge in [0.1, 0.15) is 19.2 Å². The molecule has 1 heterocycles. The largest absolute Gasteiger partial charge is 0.472 e. The van der Waals surface area contributed by atoms with Gasteiger partial charge in [0.15, 0.2) is 0 Å². The minimum Gasteiger partial charge on any atom is -0.461 e. The average Bonchev–Trinajstić information content (AvgIpc) is 2.44. The molecule has 110 valence electrons.